The predicted octanol–water partition coefficient (Wildman–Crippen LogP) is -3.24. The number of amides is 17. The zero-order chi connectivity index (χ0) is 102. The van der Waals surface area contributed by atoms with Gasteiger partial charge in [0.05, 0.1) is 25.4 Å². The molecule has 17 amide bonds. The number of nitrogens with zero attached hydrogens (tertiary/aromatic N) is 2. The van der Waals surface area contributed by atoms with E-state index in [0.29, 0.717) is 23.3 Å². The zero-order valence-electron chi connectivity index (χ0n) is 80.7. The van der Waals surface area contributed by atoms with Crippen molar-refractivity contribution in [1.82, 2.24) is 84.7 Å². The maximum absolute atomic E-state index is 14.9. The van der Waals surface area contributed by atoms with Gasteiger partial charge in [0.25, 0.3) is 0 Å². The van der Waals surface area contributed by atoms with Crippen LogP contribution in [-0.2, 0) is 99.1 Å². The number of carbonyl (C=O) groups is 18. The smallest absolute Gasteiger partial charge is 0.325 e. The van der Waals surface area contributed by atoms with Crippen molar-refractivity contribution in [2.75, 3.05) is 38.3 Å². The summed E-state index contributed by atoms with van der Waals surface area (Å²) < 4.78 is 0. The molecular formula is C91H149N21O22S. The molecule has 1 heterocycles. The third-order valence-electron chi connectivity index (χ3n) is 22.0. The summed E-state index contributed by atoms with van der Waals surface area (Å²) in [6, 6.07) is -7.61. The zero-order valence-corrected chi connectivity index (χ0v) is 81.5. The predicted molar refractivity (Wildman–Crippen MR) is 505 cm³/mol. The Bertz CT molecular complexity index is 4290. The second-order valence-electron chi connectivity index (χ2n) is 36.9. The number of carboxylic acids is 1. The van der Waals surface area contributed by atoms with E-state index in [1.54, 1.807) is 158 Å². The summed E-state index contributed by atoms with van der Waals surface area (Å²) in [7, 11) is 0. The van der Waals surface area contributed by atoms with Crippen LogP contribution in [0.2, 0.25) is 0 Å². The van der Waals surface area contributed by atoms with Crippen LogP contribution in [0.4, 0.5) is 0 Å². The number of nitrogens with one attached hydrogen (secondary N) is 15. The number of aliphatic carboxylic acids is 1. The molecule has 44 heteroatoms. The average Bonchev–Trinajstić information content (AvgIpc) is 1.70. The highest BCUT2D eigenvalue weighted by Gasteiger charge is 2.44. The summed E-state index contributed by atoms with van der Waals surface area (Å²) in [5.74, 6) is -19.6. The Morgan fingerprint density at radius 2 is 0.741 bits per heavy atom. The van der Waals surface area contributed by atoms with Crippen LogP contribution >= 0.6 is 11.8 Å². The van der Waals surface area contributed by atoms with Crippen molar-refractivity contribution in [3.05, 3.63) is 71.8 Å². The minimum atomic E-state index is -1.91. The molecule has 1 fully saturated rings. The molecule has 18 atom stereocenters. The first-order valence-corrected chi connectivity index (χ1v) is 47.4. The van der Waals surface area contributed by atoms with Gasteiger partial charge in [-0.2, -0.15) is 11.8 Å². The van der Waals surface area contributed by atoms with Gasteiger partial charge < -0.3 is 128 Å². The van der Waals surface area contributed by atoms with Gasteiger partial charge in [0.2, 0.25) is 100 Å². The Kier molecular flexibility index (Phi) is 51.6. The molecule has 0 saturated carbocycles. The van der Waals surface area contributed by atoms with Crippen molar-refractivity contribution >= 4 is 124 Å². The normalized spacial score (nSPS) is 16.4. The average molecular weight is 1920 g/mol. The first kappa shape index (κ1) is 118. The van der Waals surface area contributed by atoms with Crippen LogP contribution < -0.4 is 103 Å². The SMILES string of the molecule is CSCC[C@H](N)C(=O)N[C@@H](CCCN=C(N)N)C(=O)N[C@@H](CCC(N)=O)C(=O)N[C@@H](CO)C(=O)N[C@@H](CC(C)C)C(=O)N[C@@H](CC(C)C)C(=O)N[C@@H](Cc1ccccc1)C(=O)N[C@@H](CC(C)C)C(=O)N[C@H](C(=O)N[C@@H](CO)C(=O)N[C@H](C(=O)N[C@H](C(=O)N1CCC[C@H]1C(=O)N[C@@H](Cc1ccccc1)C(=O)N[C@H](C(=O)N[C@@H](CC(C)C)C(=O)N[C@@H](C)C(=O)O)C(C)C)C(C)C)C(C)C)[C@@H](C)O. The van der Waals surface area contributed by atoms with E-state index in [-0.39, 0.29) is 107 Å². The largest absolute Gasteiger partial charge is 0.480 e. The first-order valence-electron chi connectivity index (χ1n) is 46.0. The van der Waals surface area contributed by atoms with Crippen molar-refractivity contribution in [3.63, 3.8) is 0 Å². The van der Waals surface area contributed by atoms with Crippen molar-refractivity contribution in [2.24, 2.45) is 69.4 Å². The minimum absolute atomic E-state index is 0.0359. The number of likely N-dealkylation sites (tertiary alicyclic amines) is 1. The lowest BCUT2D eigenvalue weighted by Crippen LogP contribution is -2.63. The van der Waals surface area contributed by atoms with E-state index in [4.69, 9.17) is 22.9 Å². The van der Waals surface area contributed by atoms with Crippen LogP contribution in [0.5, 0.6) is 0 Å². The fourth-order valence-corrected chi connectivity index (χ4v) is 15.1. The number of benzene rings is 2. The van der Waals surface area contributed by atoms with Crippen molar-refractivity contribution in [3.8, 4) is 0 Å². The molecule has 135 heavy (non-hydrogen) atoms. The third-order valence-corrected chi connectivity index (χ3v) is 22.7. The lowest BCUT2D eigenvalue weighted by Gasteiger charge is -2.33. The first-order chi connectivity index (χ1) is 63.3. The van der Waals surface area contributed by atoms with Crippen LogP contribution in [0.15, 0.2) is 65.7 Å². The maximum Gasteiger partial charge on any atom is 0.325 e. The highest BCUT2D eigenvalue weighted by Crippen LogP contribution is 2.23. The molecule has 0 radical (unpaired) electrons. The van der Waals surface area contributed by atoms with E-state index < -0.39 is 259 Å². The number of rotatable bonds is 60. The van der Waals surface area contributed by atoms with Crippen LogP contribution in [0.25, 0.3) is 0 Å². The summed E-state index contributed by atoms with van der Waals surface area (Å²) in [6.07, 6.45) is -0.461. The lowest BCUT2D eigenvalue weighted by molar-refractivity contribution is -0.143. The lowest BCUT2D eigenvalue weighted by atomic mass is 9.98. The molecule has 43 nitrogen and oxygen atoms in total. The molecule has 1 saturated heterocycles. The molecule has 1 aliphatic rings. The van der Waals surface area contributed by atoms with Crippen LogP contribution in [0, 0.1) is 41.4 Å². The van der Waals surface area contributed by atoms with E-state index in [2.05, 4.69) is 84.7 Å². The topological polar surface area (TPSA) is 688 Å². The van der Waals surface area contributed by atoms with Gasteiger partial charge in [0, 0.05) is 32.4 Å². The summed E-state index contributed by atoms with van der Waals surface area (Å²) in [5.41, 5.74) is 23.6. The van der Waals surface area contributed by atoms with Gasteiger partial charge in [-0.1, -0.05) is 158 Å². The number of hydrogen-bond donors (Lipinski definition) is 23. The second kappa shape index (κ2) is 59.3. The number of nitrogens with two attached hydrogens (primary N) is 4. The number of aliphatic imine (C=N–C) groups is 1. The molecule has 2 aromatic rings. The van der Waals surface area contributed by atoms with E-state index in [1.807, 2.05) is 6.26 Å². The molecule has 2 aromatic carbocycles. The number of carbonyl (C=O) groups excluding carboxylic acids is 17. The molecular weight excluding hydrogens is 1770 g/mol. The number of thioether (sulfide) groups is 1. The number of hydrogen-bond acceptors (Lipinski definition) is 24. The van der Waals surface area contributed by atoms with Gasteiger partial charge in [-0.25, -0.2) is 0 Å². The summed E-state index contributed by atoms with van der Waals surface area (Å²) in [6.45, 7) is 23.9. The number of guanidine groups is 1. The van der Waals surface area contributed by atoms with E-state index in [0.717, 1.165) is 6.92 Å². The Balaban J connectivity index is 1.89. The molecule has 0 bridgehead atoms. The fourth-order valence-electron chi connectivity index (χ4n) is 14.6. The minimum Gasteiger partial charge on any atom is -0.480 e. The molecule has 3 rings (SSSR count). The Labute approximate surface area is 794 Å². The van der Waals surface area contributed by atoms with Crippen molar-refractivity contribution in [2.45, 2.75) is 303 Å². The van der Waals surface area contributed by atoms with E-state index >= 15 is 0 Å². The highest BCUT2D eigenvalue weighted by molar-refractivity contribution is 7.98. The molecule has 0 aliphatic carbocycles. The Morgan fingerprint density at radius 1 is 0.407 bits per heavy atom. The van der Waals surface area contributed by atoms with Gasteiger partial charge in [0.15, 0.2) is 5.96 Å². The monoisotopic (exact) mass is 1920 g/mol. The summed E-state index contributed by atoms with van der Waals surface area (Å²) in [4.78, 5) is 258. The number of primary amides is 1. The Hall–Kier alpha value is -11.6. The van der Waals surface area contributed by atoms with Gasteiger partial charge in [-0.05, 0) is 143 Å². The number of carboxylic acid groups (broad SMARTS) is 1. The van der Waals surface area contributed by atoms with Gasteiger partial charge >= 0.3 is 5.97 Å². The van der Waals surface area contributed by atoms with Gasteiger partial charge in [-0.15, -0.1) is 0 Å². The molecule has 1 aliphatic heterocycles. The van der Waals surface area contributed by atoms with Crippen molar-refractivity contribution in [1.29, 1.82) is 0 Å². The van der Waals surface area contributed by atoms with Gasteiger partial charge in [-0.3, -0.25) is 91.3 Å². The van der Waals surface area contributed by atoms with Crippen LogP contribution in [0.1, 0.15) is 193 Å². The number of aliphatic hydroxyl groups excluding tert-OH is 3. The van der Waals surface area contributed by atoms with E-state index in [9.17, 15) is 107 Å². The molecule has 27 N–H and O–H groups in total. The maximum atomic E-state index is 14.9. The standard InChI is InChI=1S/C91H149N21O22S/c1-46(2)38-60(77(120)97-53(15)90(133)134)105-86(129)70(50(9)10)108-82(125)65(43-56-28-22-19-23-29-56)104-85(128)68-31-25-36-112(68)89(132)72(52(13)14)110-87(130)71(51(11)12)109-84(127)67(45-114)107-88(131)73(54(16)115)111-81(124)63(41-49(7)8)101-80(123)64(42-55-26-20-18-21-27-55)103-79(122)61(39-47(3)4)100-78(121)62(40-48(5)6)102-83(126)66(44-113)106-76(119)59(32-33-69(93)116)99-75(118)58(30-24-35-96-91(94)95)98-74(117)57(92)34-37-135-17/h18-23,26-29,46-54,57-68,70-73,113-115H,24-25,30-45,92H2,1-17H3,(H2,93,116)(H,97,120)(H,98,117)(H,99,118)(H,100,121)(H,101,123)(H,102,126)(H,103,122)(H,104,128)(H,105,129)(H,106,119)(H,107,131)(H,108,125)(H,109,127)(H,110,130)(H,111,124)(H,133,134)(H4,94,95,96)/t53-,54+,57-,58-,59-,60-,61-,62-,63-,64-,65-,66-,67-,68-,70-,71-,72-,73-/m0/s1. The van der Waals surface area contributed by atoms with Crippen LogP contribution in [-0.4, -0.2) is 285 Å². The molecule has 756 valence electrons. The highest BCUT2D eigenvalue weighted by atomic mass is 32.2. The number of aliphatic hydroxyl groups is 3. The summed E-state index contributed by atoms with van der Waals surface area (Å²) >= 11 is 1.44. The van der Waals surface area contributed by atoms with Crippen molar-refractivity contribution < 1.29 is 107 Å². The third kappa shape index (κ3) is 41.6. The molecule has 0 unspecified atom stereocenters. The van der Waals surface area contributed by atoms with Gasteiger partial charge in [0.1, 0.15) is 96.7 Å². The van der Waals surface area contributed by atoms with Crippen LogP contribution in [0.3, 0.4) is 0 Å². The summed E-state index contributed by atoms with van der Waals surface area (Å²) in [5, 5.41) is 80.6. The molecule has 0 spiro atoms. The quantitative estimate of drug-likeness (QED) is 0.0176. The fraction of sp³-hybridized carbons (Fsp3) is 0.659. The second-order valence-corrected chi connectivity index (χ2v) is 37.9. The van der Waals surface area contributed by atoms with E-state index in [1.165, 1.54) is 23.6 Å². The molecule has 0 aromatic heterocycles. The Morgan fingerprint density at radius 3 is 1.16 bits per heavy atom.